The molecule has 2 rings (SSSR count). The van der Waals surface area contributed by atoms with Crippen LogP contribution in [0.2, 0.25) is 0 Å². The number of nitrogens with two attached hydrogens (primary N) is 1. The third kappa shape index (κ3) is 3.71. The number of ether oxygens (including phenoxy) is 1. The molecule has 1 aromatic rings. The summed E-state index contributed by atoms with van der Waals surface area (Å²) in [6.45, 7) is 5.22. The van der Waals surface area contributed by atoms with Gasteiger partial charge in [-0.05, 0) is 49.8 Å². The van der Waals surface area contributed by atoms with Crippen LogP contribution in [0.1, 0.15) is 43.4 Å². The Hall–Kier alpha value is -1.06. The first-order chi connectivity index (χ1) is 9.22. The van der Waals surface area contributed by atoms with Crippen molar-refractivity contribution in [2.45, 2.75) is 38.6 Å². The Labute approximate surface area is 116 Å². The third-order valence-electron chi connectivity index (χ3n) is 3.87. The van der Waals surface area contributed by atoms with E-state index in [1.807, 2.05) is 6.92 Å². The average molecular weight is 262 g/mol. The van der Waals surface area contributed by atoms with E-state index in [1.165, 1.54) is 42.6 Å². The SMILES string of the molecule is COCCCCN1CCCc2cc(C(C)N)ccc21. The lowest BCUT2D eigenvalue weighted by Crippen LogP contribution is -2.30. The minimum Gasteiger partial charge on any atom is -0.385 e. The van der Waals surface area contributed by atoms with E-state index in [2.05, 4.69) is 23.1 Å². The topological polar surface area (TPSA) is 38.5 Å². The predicted molar refractivity (Wildman–Crippen MR) is 80.7 cm³/mol. The van der Waals surface area contributed by atoms with Crippen LogP contribution in [0.25, 0.3) is 0 Å². The molecule has 3 heteroatoms. The Bertz CT molecular complexity index is 404. The minimum atomic E-state index is 0.127. The summed E-state index contributed by atoms with van der Waals surface area (Å²) in [5.74, 6) is 0. The Morgan fingerprint density at radius 1 is 1.37 bits per heavy atom. The van der Waals surface area contributed by atoms with Gasteiger partial charge in [0, 0.05) is 38.5 Å². The molecule has 1 heterocycles. The van der Waals surface area contributed by atoms with Gasteiger partial charge >= 0.3 is 0 Å². The van der Waals surface area contributed by atoms with Crippen LogP contribution < -0.4 is 10.6 Å². The van der Waals surface area contributed by atoms with Crippen LogP contribution in [0.15, 0.2) is 18.2 Å². The summed E-state index contributed by atoms with van der Waals surface area (Å²) >= 11 is 0. The van der Waals surface area contributed by atoms with Gasteiger partial charge in [0.25, 0.3) is 0 Å². The first kappa shape index (κ1) is 14.4. The summed E-state index contributed by atoms with van der Waals surface area (Å²) < 4.78 is 5.11. The number of anilines is 1. The first-order valence-electron chi connectivity index (χ1n) is 7.34. The van der Waals surface area contributed by atoms with Crippen LogP contribution in [-0.2, 0) is 11.2 Å². The van der Waals surface area contributed by atoms with E-state index in [1.54, 1.807) is 7.11 Å². The number of aryl methyl sites for hydroxylation is 1. The second-order valence-electron chi connectivity index (χ2n) is 5.47. The largest absolute Gasteiger partial charge is 0.385 e. The van der Waals surface area contributed by atoms with Gasteiger partial charge in [0.15, 0.2) is 0 Å². The maximum Gasteiger partial charge on any atom is 0.0462 e. The van der Waals surface area contributed by atoms with Crippen molar-refractivity contribution in [3.8, 4) is 0 Å². The second kappa shape index (κ2) is 6.92. The molecule has 1 atom stereocenters. The number of unbranched alkanes of at least 4 members (excludes halogenated alkanes) is 1. The Kier molecular flexibility index (Phi) is 5.23. The third-order valence-corrected chi connectivity index (χ3v) is 3.87. The zero-order valence-corrected chi connectivity index (χ0v) is 12.2. The monoisotopic (exact) mass is 262 g/mol. The summed E-state index contributed by atoms with van der Waals surface area (Å²) in [5.41, 5.74) is 10.1. The molecule has 0 aliphatic carbocycles. The molecule has 0 saturated heterocycles. The molecule has 1 aliphatic rings. The number of nitrogens with zero attached hydrogens (tertiary/aromatic N) is 1. The van der Waals surface area contributed by atoms with E-state index < -0.39 is 0 Å². The molecule has 1 aliphatic heterocycles. The highest BCUT2D eigenvalue weighted by molar-refractivity contribution is 5.57. The van der Waals surface area contributed by atoms with Gasteiger partial charge in [-0.25, -0.2) is 0 Å². The molecule has 3 nitrogen and oxygen atoms in total. The molecule has 2 N–H and O–H groups in total. The molecule has 1 aromatic carbocycles. The highest BCUT2D eigenvalue weighted by atomic mass is 16.5. The predicted octanol–water partition coefficient (Wildman–Crippen LogP) is 2.89. The normalized spacial score (nSPS) is 16.3. The van der Waals surface area contributed by atoms with Crippen molar-refractivity contribution >= 4 is 5.69 Å². The number of fused-ring (bicyclic) bond motifs is 1. The lowest BCUT2D eigenvalue weighted by Gasteiger charge is -2.32. The quantitative estimate of drug-likeness (QED) is 0.801. The molecule has 0 bridgehead atoms. The molecule has 106 valence electrons. The van der Waals surface area contributed by atoms with Crippen molar-refractivity contribution in [3.05, 3.63) is 29.3 Å². The van der Waals surface area contributed by atoms with Gasteiger partial charge in [0.2, 0.25) is 0 Å². The number of methoxy groups -OCH3 is 1. The summed E-state index contributed by atoms with van der Waals surface area (Å²) in [7, 11) is 1.77. The van der Waals surface area contributed by atoms with Gasteiger partial charge in [0.05, 0.1) is 0 Å². The molecular formula is C16H26N2O. The highest BCUT2D eigenvalue weighted by Gasteiger charge is 2.17. The van der Waals surface area contributed by atoms with E-state index in [0.717, 1.165) is 19.6 Å². The van der Waals surface area contributed by atoms with Crippen molar-refractivity contribution in [1.82, 2.24) is 0 Å². The molecule has 0 radical (unpaired) electrons. The summed E-state index contributed by atoms with van der Waals surface area (Å²) in [5, 5.41) is 0. The molecule has 0 spiro atoms. The lowest BCUT2D eigenvalue weighted by molar-refractivity contribution is 0.193. The van der Waals surface area contributed by atoms with Crippen molar-refractivity contribution in [2.24, 2.45) is 5.73 Å². The van der Waals surface area contributed by atoms with Gasteiger partial charge in [0.1, 0.15) is 0 Å². The smallest absolute Gasteiger partial charge is 0.0462 e. The molecule has 0 fully saturated rings. The van der Waals surface area contributed by atoms with E-state index in [0.29, 0.717) is 0 Å². The van der Waals surface area contributed by atoms with Crippen LogP contribution in [0, 0.1) is 0 Å². The van der Waals surface area contributed by atoms with Gasteiger partial charge in [-0.2, -0.15) is 0 Å². The standard InChI is InChI=1S/C16H26N2O/c1-13(17)14-7-8-16-15(12-14)6-5-10-18(16)9-3-4-11-19-2/h7-8,12-13H,3-6,9-11,17H2,1-2H3. The van der Waals surface area contributed by atoms with E-state index in [9.17, 15) is 0 Å². The van der Waals surface area contributed by atoms with Crippen LogP contribution in [0.3, 0.4) is 0 Å². The van der Waals surface area contributed by atoms with Crippen molar-refractivity contribution in [3.63, 3.8) is 0 Å². The fourth-order valence-corrected chi connectivity index (χ4v) is 2.76. The average Bonchev–Trinajstić information content (AvgIpc) is 2.43. The van der Waals surface area contributed by atoms with Crippen molar-refractivity contribution in [2.75, 3.05) is 31.7 Å². The molecular weight excluding hydrogens is 236 g/mol. The Morgan fingerprint density at radius 2 is 2.21 bits per heavy atom. The maximum atomic E-state index is 5.97. The molecule has 19 heavy (non-hydrogen) atoms. The zero-order valence-electron chi connectivity index (χ0n) is 12.2. The molecule has 0 saturated carbocycles. The van der Waals surface area contributed by atoms with Gasteiger partial charge in [-0.15, -0.1) is 0 Å². The fraction of sp³-hybridized carbons (Fsp3) is 0.625. The van der Waals surface area contributed by atoms with Gasteiger partial charge < -0.3 is 15.4 Å². The van der Waals surface area contributed by atoms with Crippen LogP contribution in [0.4, 0.5) is 5.69 Å². The van der Waals surface area contributed by atoms with E-state index >= 15 is 0 Å². The second-order valence-corrected chi connectivity index (χ2v) is 5.47. The Balaban J connectivity index is 2.02. The van der Waals surface area contributed by atoms with Gasteiger partial charge in [-0.3, -0.25) is 0 Å². The van der Waals surface area contributed by atoms with Crippen LogP contribution in [-0.4, -0.2) is 26.8 Å². The first-order valence-corrected chi connectivity index (χ1v) is 7.34. The lowest BCUT2D eigenvalue weighted by atomic mass is 9.97. The van der Waals surface area contributed by atoms with Crippen LogP contribution >= 0.6 is 0 Å². The van der Waals surface area contributed by atoms with E-state index in [-0.39, 0.29) is 6.04 Å². The zero-order chi connectivity index (χ0) is 13.7. The summed E-state index contributed by atoms with van der Waals surface area (Å²) in [6.07, 6.45) is 4.77. The van der Waals surface area contributed by atoms with Crippen molar-refractivity contribution in [1.29, 1.82) is 0 Å². The number of hydrogen-bond acceptors (Lipinski definition) is 3. The number of hydrogen-bond donors (Lipinski definition) is 1. The van der Waals surface area contributed by atoms with Gasteiger partial charge in [-0.1, -0.05) is 12.1 Å². The minimum absolute atomic E-state index is 0.127. The molecule has 0 aromatic heterocycles. The molecule has 1 unspecified atom stereocenters. The molecule has 0 amide bonds. The summed E-state index contributed by atoms with van der Waals surface area (Å²) in [4.78, 5) is 2.51. The van der Waals surface area contributed by atoms with E-state index in [4.69, 9.17) is 10.5 Å². The summed E-state index contributed by atoms with van der Waals surface area (Å²) in [6, 6.07) is 6.85. The van der Waals surface area contributed by atoms with Crippen LogP contribution in [0.5, 0.6) is 0 Å². The fourth-order valence-electron chi connectivity index (χ4n) is 2.76. The highest BCUT2D eigenvalue weighted by Crippen LogP contribution is 2.29. The maximum absolute atomic E-state index is 5.97. The Morgan fingerprint density at radius 3 is 2.95 bits per heavy atom. The number of benzene rings is 1. The van der Waals surface area contributed by atoms with Crippen molar-refractivity contribution < 1.29 is 4.74 Å². The number of rotatable bonds is 6.